The predicted octanol–water partition coefficient (Wildman–Crippen LogP) is 1.90. The topological polar surface area (TPSA) is 89.5 Å². The summed E-state index contributed by atoms with van der Waals surface area (Å²) in [6.45, 7) is 1.20. The predicted molar refractivity (Wildman–Crippen MR) is 98.3 cm³/mol. The van der Waals surface area contributed by atoms with E-state index in [1.54, 1.807) is 7.11 Å². The number of hydrogen-bond acceptors (Lipinski definition) is 7. The van der Waals surface area contributed by atoms with Gasteiger partial charge < -0.3 is 9.64 Å². The smallest absolute Gasteiger partial charge is 0.226 e. The van der Waals surface area contributed by atoms with Gasteiger partial charge in [0.15, 0.2) is 14.0 Å². The monoisotopic (exact) mass is 395 g/mol. The molecule has 1 aromatic heterocycles. The van der Waals surface area contributed by atoms with Crippen LogP contribution in [0.15, 0.2) is 28.5 Å². The van der Waals surface area contributed by atoms with E-state index in [0.717, 1.165) is 22.8 Å². The summed E-state index contributed by atoms with van der Waals surface area (Å²) in [4.78, 5) is 14.3. The van der Waals surface area contributed by atoms with Crippen molar-refractivity contribution in [1.29, 1.82) is 0 Å². The number of likely N-dealkylation sites (tertiary alicyclic amines) is 1. The molecule has 0 radical (unpaired) electrons. The highest BCUT2D eigenvalue weighted by atomic mass is 32.2. The summed E-state index contributed by atoms with van der Waals surface area (Å²) in [5, 5.41) is 4.03. The first-order valence-electron chi connectivity index (χ1n) is 8.31. The highest BCUT2D eigenvalue weighted by Gasteiger charge is 2.30. The van der Waals surface area contributed by atoms with Gasteiger partial charge in [0.05, 0.1) is 19.2 Å². The Morgan fingerprint density at radius 2 is 1.92 bits per heavy atom. The quantitative estimate of drug-likeness (QED) is 0.768. The van der Waals surface area contributed by atoms with Crippen molar-refractivity contribution in [1.82, 2.24) is 14.5 Å². The summed E-state index contributed by atoms with van der Waals surface area (Å²) in [7, 11) is -1.70. The summed E-state index contributed by atoms with van der Waals surface area (Å²) in [6, 6.07) is 7.47. The van der Waals surface area contributed by atoms with Gasteiger partial charge in [0.1, 0.15) is 5.75 Å². The SMILES string of the molecule is COc1ccc(CC(=O)N2CCC(c3nnsc3S(C)(=O)=O)CC2)cc1. The molecule has 1 aliphatic heterocycles. The van der Waals surface area contributed by atoms with E-state index in [0.29, 0.717) is 38.0 Å². The van der Waals surface area contributed by atoms with Gasteiger partial charge in [-0.25, -0.2) is 8.42 Å². The fourth-order valence-electron chi connectivity index (χ4n) is 3.13. The number of rotatable bonds is 5. The van der Waals surface area contributed by atoms with E-state index in [9.17, 15) is 13.2 Å². The number of ether oxygens (including phenoxy) is 1. The lowest BCUT2D eigenvalue weighted by Crippen LogP contribution is -2.39. The Labute approximate surface area is 157 Å². The second-order valence-electron chi connectivity index (χ2n) is 6.40. The van der Waals surface area contributed by atoms with Crippen LogP contribution < -0.4 is 4.74 Å². The summed E-state index contributed by atoms with van der Waals surface area (Å²) >= 11 is 0.922. The Bertz CT molecular complexity index is 870. The maximum atomic E-state index is 12.5. The van der Waals surface area contributed by atoms with Crippen molar-refractivity contribution in [2.75, 3.05) is 26.5 Å². The normalized spacial score (nSPS) is 15.8. The van der Waals surface area contributed by atoms with Gasteiger partial charge in [-0.15, -0.1) is 5.10 Å². The molecule has 0 unspecified atom stereocenters. The number of nitrogens with zero attached hydrogens (tertiary/aromatic N) is 3. The zero-order valence-corrected chi connectivity index (χ0v) is 16.3. The third-order valence-electron chi connectivity index (χ3n) is 4.57. The molecule has 0 bridgehead atoms. The number of carbonyl (C=O) groups excluding carboxylic acids is 1. The van der Waals surface area contributed by atoms with E-state index in [-0.39, 0.29) is 16.0 Å². The Kier molecular flexibility index (Phi) is 5.57. The number of aromatic nitrogens is 2. The molecule has 2 heterocycles. The molecule has 7 nitrogen and oxygen atoms in total. The highest BCUT2D eigenvalue weighted by Crippen LogP contribution is 2.32. The number of sulfone groups is 1. The van der Waals surface area contributed by atoms with Crippen molar-refractivity contribution in [3.63, 3.8) is 0 Å². The van der Waals surface area contributed by atoms with E-state index in [1.165, 1.54) is 6.26 Å². The van der Waals surface area contributed by atoms with E-state index in [4.69, 9.17) is 4.74 Å². The first kappa shape index (κ1) is 18.8. The van der Waals surface area contributed by atoms with Crippen LogP contribution >= 0.6 is 11.5 Å². The number of amides is 1. The fraction of sp³-hybridized carbons (Fsp3) is 0.471. The van der Waals surface area contributed by atoms with Gasteiger partial charge >= 0.3 is 0 Å². The second-order valence-corrected chi connectivity index (χ2v) is 9.36. The molecule has 3 rings (SSSR count). The molecular formula is C17H21N3O4S2. The van der Waals surface area contributed by atoms with Crippen LogP contribution in [0, 0.1) is 0 Å². The maximum Gasteiger partial charge on any atom is 0.226 e. The van der Waals surface area contributed by atoms with Crippen LogP contribution in [0.5, 0.6) is 5.75 Å². The molecular weight excluding hydrogens is 374 g/mol. The third-order valence-corrected chi connectivity index (χ3v) is 7.12. The molecule has 1 amide bonds. The standard InChI is InChI=1S/C17H21N3O4S2/c1-24-14-5-3-12(4-6-14)11-15(21)20-9-7-13(8-10-20)16-17(25-19-18-16)26(2,22)23/h3-6,13H,7-11H2,1-2H3. The van der Waals surface area contributed by atoms with Crippen LogP contribution in [-0.4, -0.2) is 55.3 Å². The molecule has 9 heteroatoms. The molecule has 0 N–H and O–H groups in total. The molecule has 1 aromatic carbocycles. The van der Waals surface area contributed by atoms with Gasteiger partial charge in [0.2, 0.25) is 5.91 Å². The minimum atomic E-state index is -3.31. The van der Waals surface area contributed by atoms with Gasteiger partial charge in [-0.2, -0.15) is 0 Å². The Morgan fingerprint density at radius 3 is 2.50 bits per heavy atom. The first-order valence-corrected chi connectivity index (χ1v) is 11.0. The number of carbonyl (C=O) groups is 1. The number of benzene rings is 1. The average Bonchev–Trinajstić information content (AvgIpc) is 3.13. The van der Waals surface area contributed by atoms with Crippen LogP contribution in [0.25, 0.3) is 0 Å². The minimum Gasteiger partial charge on any atom is -0.497 e. The molecule has 140 valence electrons. The molecule has 0 aliphatic carbocycles. The molecule has 0 atom stereocenters. The molecule has 0 spiro atoms. The average molecular weight is 396 g/mol. The number of hydrogen-bond donors (Lipinski definition) is 0. The molecule has 1 saturated heterocycles. The molecule has 1 fully saturated rings. The zero-order chi connectivity index (χ0) is 18.7. The minimum absolute atomic E-state index is 0.0310. The fourth-order valence-corrected chi connectivity index (χ4v) is 4.86. The van der Waals surface area contributed by atoms with E-state index < -0.39 is 9.84 Å². The van der Waals surface area contributed by atoms with Gasteiger partial charge in [0.25, 0.3) is 0 Å². The summed E-state index contributed by atoms with van der Waals surface area (Å²) < 4.78 is 32.9. The molecule has 26 heavy (non-hydrogen) atoms. The van der Waals surface area contributed by atoms with Gasteiger partial charge in [0, 0.05) is 36.8 Å². The molecule has 2 aromatic rings. The third kappa shape index (κ3) is 4.21. The van der Waals surface area contributed by atoms with Crippen molar-refractivity contribution in [2.45, 2.75) is 29.4 Å². The number of methoxy groups -OCH3 is 1. The molecule has 0 saturated carbocycles. The lowest BCUT2D eigenvalue weighted by molar-refractivity contribution is -0.131. The van der Waals surface area contributed by atoms with E-state index in [1.807, 2.05) is 29.2 Å². The van der Waals surface area contributed by atoms with Crippen molar-refractivity contribution in [3.05, 3.63) is 35.5 Å². The van der Waals surface area contributed by atoms with E-state index >= 15 is 0 Å². The summed E-state index contributed by atoms with van der Waals surface area (Å²) in [6.07, 6.45) is 2.92. The van der Waals surface area contributed by atoms with Crippen LogP contribution in [-0.2, 0) is 21.1 Å². The summed E-state index contributed by atoms with van der Waals surface area (Å²) in [5.74, 6) is 0.873. The van der Waals surface area contributed by atoms with Gasteiger partial charge in [-0.05, 0) is 30.5 Å². The van der Waals surface area contributed by atoms with Crippen molar-refractivity contribution < 1.29 is 17.9 Å². The second kappa shape index (κ2) is 7.71. The zero-order valence-electron chi connectivity index (χ0n) is 14.7. The van der Waals surface area contributed by atoms with Crippen LogP contribution in [0.4, 0.5) is 0 Å². The highest BCUT2D eigenvalue weighted by molar-refractivity contribution is 7.92. The summed E-state index contributed by atoms with van der Waals surface area (Å²) in [5.41, 5.74) is 1.50. The largest absolute Gasteiger partial charge is 0.497 e. The Morgan fingerprint density at radius 1 is 1.27 bits per heavy atom. The Hall–Kier alpha value is -2.00. The van der Waals surface area contributed by atoms with Gasteiger partial charge in [-0.1, -0.05) is 16.6 Å². The van der Waals surface area contributed by atoms with Crippen molar-refractivity contribution in [3.8, 4) is 5.75 Å². The lowest BCUT2D eigenvalue weighted by atomic mass is 9.94. The van der Waals surface area contributed by atoms with Crippen molar-refractivity contribution >= 4 is 27.3 Å². The molecule has 1 aliphatic rings. The van der Waals surface area contributed by atoms with Crippen LogP contribution in [0.2, 0.25) is 0 Å². The van der Waals surface area contributed by atoms with Crippen LogP contribution in [0.1, 0.15) is 30.0 Å². The lowest BCUT2D eigenvalue weighted by Gasteiger charge is -2.31. The van der Waals surface area contributed by atoms with Gasteiger partial charge in [-0.3, -0.25) is 4.79 Å². The van der Waals surface area contributed by atoms with E-state index in [2.05, 4.69) is 9.59 Å². The van der Waals surface area contributed by atoms with Crippen molar-refractivity contribution in [2.24, 2.45) is 0 Å². The van der Waals surface area contributed by atoms with Crippen LogP contribution in [0.3, 0.4) is 0 Å². The Balaban J connectivity index is 1.59. The first-order chi connectivity index (χ1) is 12.4. The maximum absolute atomic E-state index is 12.5. The number of piperidine rings is 1.